The van der Waals surface area contributed by atoms with Crippen LogP contribution in [-0.2, 0) is 9.16 Å². The van der Waals surface area contributed by atoms with E-state index in [4.69, 9.17) is 9.16 Å². The molecule has 0 saturated heterocycles. The first-order chi connectivity index (χ1) is 6.93. The highest BCUT2D eigenvalue weighted by molar-refractivity contribution is 5.97. The van der Waals surface area contributed by atoms with Crippen molar-refractivity contribution in [1.29, 1.82) is 0 Å². The molecular weight excluding hydrogens is 192 g/mol. The number of benzene rings is 1. The van der Waals surface area contributed by atoms with Crippen molar-refractivity contribution >= 4 is 16.6 Å². The Morgan fingerprint density at radius 1 is 1.14 bits per heavy atom. The van der Waals surface area contributed by atoms with Crippen LogP contribution in [0.2, 0.25) is 0 Å². The molecule has 76 valence electrons. The Morgan fingerprint density at radius 3 is 2.64 bits per heavy atom. The fourth-order valence-electron chi connectivity index (χ4n) is 1.04. The molecule has 0 fully saturated rings. The highest BCUT2D eigenvalue weighted by Gasteiger charge is 1.84. The molecule has 2 nitrogen and oxygen atoms in total. The maximum absolute atomic E-state index is 5.31. The standard InChI is InChI=1S/C11H16O2Si/c14-13-10-9-12-8-4-7-11-5-2-1-3-6-11/h1-7H,8-10H2,14H3. The minimum absolute atomic E-state index is 0.653. The molecule has 0 aliphatic rings. The van der Waals surface area contributed by atoms with Crippen LogP contribution in [-0.4, -0.2) is 30.3 Å². The van der Waals surface area contributed by atoms with E-state index in [2.05, 4.69) is 18.2 Å². The van der Waals surface area contributed by atoms with Crippen LogP contribution in [0.25, 0.3) is 6.08 Å². The summed E-state index contributed by atoms with van der Waals surface area (Å²) in [7, 11) is 0.790. The zero-order valence-electron chi connectivity index (χ0n) is 8.48. The van der Waals surface area contributed by atoms with Crippen molar-refractivity contribution in [3.63, 3.8) is 0 Å². The van der Waals surface area contributed by atoms with E-state index in [9.17, 15) is 0 Å². The average Bonchev–Trinajstić information content (AvgIpc) is 2.25. The monoisotopic (exact) mass is 208 g/mol. The third kappa shape index (κ3) is 4.96. The van der Waals surface area contributed by atoms with E-state index in [0.29, 0.717) is 19.8 Å². The van der Waals surface area contributed by atoms with Gasteiger partial charge in [-0.1, -0.05) is 42.5 Å². The molecule has 0 radical (unpaired) electrons. The van der Waals surface area contributed by atoms with E-state index < -0.39 is 0 Å². The maximum atomic E-state index is 5.31. The van der Waals surface area contributed by atoms with Crippen molar-refractivity contribution in [1.82, 2.24) is 0 Å². The van der Waals surface area contributed by atoms with Gasteiger partial charge in [0.25, 0.3) is 0 Å². The lowest BCUT2D eigenvalue weighted by atomic mass is 10.2. The van der Waals surface area contributed by atoms with Crippen molar-refractivity contribution in [2.24, 2.45) is 0 Å². The van der Waals surface area contributed by atoms with Crippen LogP contribution in [0.5, 0.6) is 0 Å². The molecule has 0 amide bonds. The molecule has 14 heavy (non-hydrogen) atoms. The predicted octanol–water partition coefficient (Wildman–Crippen LogP) is 1.01. The van der Waals surface area contributed by atoms with Crippen LogP contribution in [0.1, 0.15) is 5.56 Å². The lowest BCUT2D eigenvalue weighted by Crippen LogP contribution is -2.01. The zero-order chi connectivity index (χ0) is 10.1. The molecule has 0 aliphatic heterocycles. The van der Waals surface area contributed by atoms with Crippen LogP contribution in [0.3, 0.4) is 0 Å². The SMILES string of the molecule is [SiH3]OCCOCC=Cc1ccccc1. The van der Waals surface area contributed by atoms with Crippen LogP contribution in [0.15, 0.2) is 36.4 Å². The van der Waals surface area contributed by atoms with E-state index >= 15 is 0 Å². The van der Waals surface area contributed by atoms with Crippen molar-refractivity contribution in [2.75, 3.05) is 19.8 Å². The van der Waals surface area contributed by atoms with Gasteiger partial charge in [-0.2, -0.15) is 0 Å². The Kier molecular flexibility index (Phi) is 5.98. The molecule has 0 unspecified atom stereocenters. The third-order valence-corrected chi connectivity index (χ3v) is 2.16. The quantitative estimate of drug-likeness (QED) is 0.513. The summed E-state index contributed by atoms with van der Waals surface area (Å²) in [5.74, 6) is 0. The fraction of sp³-hybridized carbons (Fsp3) is 0.273. The molecule has 1 rings (SSSR count). The molecule has 0 N–H and O–H groups in total. The van der Waals surface area contributed by atoms with Gasteiger partial charge in [-0.15, -0.1) is 0 Å². The summed E-state index contributed by atoms with van der Waals surface area (Å²) < 4.78 is 10.3. The molecule has 0 bridgehead atoms. The van der Waals surface area contributed by atoms with E-state index in [-0.39, 0.29) is 0 Å². The molecule has 0 aromatic heterocycles. The van der Waals surface area contributed by atoms with E-state index in [1.165, 1.54) is 5.56 Å². The van der Waals surface area contributed by atoms with E-state index in [0.717, 1.165) is 10.5 Å². The van der Waals surface area contributed by atoms with Crippen LogP contribution >= 0.6 is 0 Å². The molecular formula is C11H16O2Si. The summed E-state index contributed by atoms with van der Waals surface area (Å²) in [6.45, 7) is 2.05. The molecule has 0 spiro atoms. The van der Waals surface area contributed by atoms with Crippen LogP contribution in [0.4, 0.5) is 0 Å². The molecule has 1 aromatic carbocycles. The minimum atomic E-state index is 0.653. The van der Waals surface area contributed by atoms with Crippen LogP contribution < -0.4 is 0 Å². The topological polar surface area (TPSA) is 18.5 Å². The Hall–Kier alpha value is -0.903. The van der Waals surface area contributed by atoms with Gasteiger partial charge in [0.05, 0.1) is 19.8 Å². The largest absolute Gasteiger partial charge is 0.426 e. The van der Waals surface area contributed by atoms with Crippen molar-refractivity contribution in [2.45, 2.75) is 0 Å². The number of hydrogen-bond acceptors (Lipinski definition) is 2. The molecule has 3 heteroatoms. The lowest BCUT2D eigenvalue weighted by molar-refractivity contribution is 0.125. The van der Waals surface area contributed by atoms with Gasteiger partial charge in [-0.25, -0.2) is 0 Å². The Balaban J connectivity index is 2.15. The average molecular weight is 208 g/mol. The highest BCUT2D eigenvalue weighted by Crippen LogP contribution is 2.00. The molecule has 0 aliphatic carbocycles. The van der Waals surface area contributed by atoms with Gasteiger partial charge in [0, 0.05) is 0 Å². The molecule has 0 heterocycles. The second-order valence-corrected chi connectivity index (χ2v) is 3.46. The van der Waals surface area contributed by atoms with Gasteiger partial charge in [0.2, 0.25) is 0 Å². The van der Waals surface area contributed by atoms with Crippen molar-refractivity contribution in [3.05, 3.63) is 42.0 Å². The normalized spacial score (nSPS) is 11.1. The number of ether oxygens (including phenoxy) is 1. The summed E-state index contributed by atoms with van der Waals surface area (Å²) in [6, 6.07) is 10.2. The third-order valence-electron chi connectivity index (χ3n) is 1.76. The summed E-state index contributed by atoms with van der Waals surface area (Å²) in [5, 5.41) is 0. The Morgan fingerprint density at radius 2 is 1.93 bits per heavy atom. The second-order valence-electron chi connectivity index (χ2n) is 2.88. The van der Waals surface area contributed by atoms with E-state index in [1.54, 1.807) is 0 Å². The van der Waals surface area contributed by atoms with Gasteiger partial charge in [0.15, 0.2) is 0 Å². The summed E-state index contributed by atoms with van der Waals surface area (Å²) in [5.41, 5.74) is 1.20. The Labute approximate surface area is 88.1 Å². The van der Waals surface area contributed by atoms with Gasteiger partial charge < -0.3 is 9.16 Å². The van der Waals surface area contributed by atoms with Crippen molar-refractivity contribution in [3.8, 4) is 0 Å². The molecule has 0 saturated carbocycles. The summed E-state index contributed by atoms with van der Waals surface area (Å²) in [4.78, 5) is 0. The first-order valence-corrected chi connectivity index (χ1v) is 5.53. The smallest absolute Gasteiger partial charge is 0.146 e. The summed E-state index contributed by atoms with van der Waals surface area (Å²) in [6.07, 6.45) is 4.07. The number of hydrogen-bond donors (Lipinski definition) is 0. The van der Waals surface area contributed by atoms with E-state index in [1.807, 2.05) is 24.3 Å². The van der Waals surface area contributed by atoms with Gasteiger partial charge >= 0.3 is 0 Å². The number of rotatable bonds is 6. The first kappa shape index (κ1) is 11.2. The first-order valence-electron chi connectivity index (χ1n) is 4.72. The lowest BCUT2D eigenvalue weighted by Gasteiger charge is -1.98. The van der Waals surface area contributed by atoms with Crippen molar-refractivity contribution < 1.29 is 9.16 Å². The van der Waals surface area contributed by atoms with Gasteiger partial charge in [0.1, 0.15) is 10.5 Å². The van der Waals surface area contributed by atoms with Gasteiger partial charge in [-0.05, 0) is 5.56 Å². The fourth-order valence-corrected chi connectivity index (χ4v) is 1.21. The summed E-state index contributed by atoms with van der Waals surface area (Å²) >= 11 is 0. The Bertz CT molecular complexity index is 259. The minimum Gasteiger partial charge on any atom is -0.426 e. The second kappa shape index (κ2) is 7.50. The van der Waals surface area contributed by atoms with Crippen LogP contribution in [0, 0.1) is 0 Å². The molecule has 1 aromatic rings. The zero-order valence-corrected chi connectivity index (χ0v) is 10.5. The molecule has 0 atom stereocenters. The maximum Gasteiger partial charge on any atom is 0.146 e. The van der Waals surface area contributed by atoms with Gasteiger partial charge in [-0.3, -0.25) is 0 Å². The highest BCUT2D eigenvalue weighted by atomic mass is 28.2. The predicted molar refractivity (Wildman–Crippen MR) is 62.2 cm³/mol.